The van der Waals surface area contributed by atoms with Crippen molar-refractivity contribution in [3.05, 3.63) is 10.7 Å². The molecule has 7 heteroatoms. The first-order valence-electron chi connectivity index (χ1n) is 6.15. The molecule has 1 fully saturated rings. The number of nitrogens with zero attached hydrogens (tertiary/aromatic N) is 2. The van der Waals surface area contributed by atoms with E-state index in [0.29, 0.717) is 19.0 Å². The van der Waals surface area contributed by atoms with Gasteiger partial charge in [0, 0.05) is 13.1 Å². The van der Waals surface area contributed by atoms with Gasteiger partial charge in [0.25, 0.3) is 10.0 Å². The summed E-state index contributed by atoms with van der Waals surface area (Å²) in [4.78, 5) is 3.80. The predicted octanol–water partition coefficient (Wildman–Crippen LogP) is 3.00. The van der Waals surface area contributed by atoms with Crippen LogP contribution in [0.4, 0.5) is 0 Å². The number of hydrogen-bond donors (Lipinski definition) is 0. The van der Waals surface area contributed by atoms with E-state index >= 15 is 0 Å². The van der Waals surface area contributed by atoms with Crippen LogP contribution in [-0.4, -0.2) is 30.8 Å². The molecule has 2 heterocycles. The van der Waals surface area contributed by atoms with Crippen LogP contribution in [0, 0.1) is 5.92 Å². The van der Waals surface area contributed by atoms with Crippen molar-refractivity contribution in [1.82, 2.24) is 9.29 Å². The van der Waals surface area contributed by atoms with E-state index in [1.54, 1.807) is 4.31 Å². The van der Waals surface area contributed by atoms with E-state index in [0.717, 1.165) is 24.2 Å². The summed E-state index contributed by atoms with van der Waals surface area (Å²) in [6, 6.07) is 0. The Morgan fingerprint density at radius 1 is 1.50 bits per heavy atom. The quantitative estimate of drug-likeness (QED) is 0.859. The molecule has 0 radical (unpaired) electrons. The van der Waals surface area contributed by atoms with Crippen LogP contribution in [0.15, 0.2) is 10.4 Å². The maximum absolute atomic E-state index is 12.3. The number of piperidine rings is 1. The summed E-state index contributed by atoms with van der Waals surface area (Å²) in [5.41, 5.74) is 0. The molecule has 1 saturated heterocycles. The second-order valence-electron chi connectivity index (χ2n) is 4.57. The third-order valence-electron chi connectivity index (χ3n) is 3.32. The smallest absolute Gasteiger partial charge is 0.232 e. The minimum Gasteiger partial charge on any atom is -0.232 e. The molecular weight excluding hydrogens is 292 g/mol. The molecule has 0 amide bonds. The van der Waals surface area contributed by atoms with Crippen LogP contribution in [0.25, 0.3) is 0 Å². The van der Waals surface area contributed by atoms with E-state index in [-0.39, 0.29) is 8.68 Å². The van der Waals surface area contributed by atoms with E-state index in [9.17, 15) is 8.42 Å². The van der Waals surface area contributed by atoms with Gasteiger partial charge in [-0.3, -0.25) is 0 Å². The van der Waals surface area contributed by atoms with Gasteiger partial charge in [-0.2, -0.15) is 4.31 Å². The molecule has 0 bridgehead atoms. The molecule has 1 aromatic rings. The molecule has 0 atom stereocenters. The molecule has 0 aliphatic carbocycles. The SMILES string of the molecule is CCCC1CCN(S(=O)(=O)c2cnc(Cl)s2)CC1. The summed E-state index contributed by atoms with van der Waals surface area (Å²) in [5.74, 6) is 0.673. The fourth-order valence-corrected chi connectivity index (χ4v) is 5.25. The van der Waals surface area contributed by atoms with Crippen molar-refractivity contribution >= 4 is 33.0 Å². The second-order valence-corrected chi connectivity index (χ2v) is 8.35. The van der Waals surface area contributed by atoms with Crippen molar-refractivity contribution in [3.8, 4) is 0 Å². The Bertz CT molecular complexity index is 493. The van der Waals surface area contributed by atoms with Gasteiger partial charge in [-0.05, 0) is 18.8 Å². The largest absolute Gasteiger partial charge is 0.254 e. The molecule has 0 N–H and O–H groups in total. The summed E-state index contributed by atoms with van der Waals surface area (Å²) >= 11 is 6.72. The van der Waals surface area contributed by atoms with E-state index in [1.807, 2.05) is 0 Å². The van der Waals surface area contributed by atoms with Crippen LogP contribution < -0.4 is 0 Å². The highest BCUT2D eigenvalue weighted by Crippen LogP contribution is 2.29. The highest BCUT2D eigenvalue weighted by atomic mass is 35.5. The number of halogens is 1. The van der Waals surface area contributed by atoms with Crippen LogP contribution in [0.5, 0.6) is 0 Å². The zero-order chi connectivity index (χ0) is 13.2. The van der Waals surface area contributed by atoms with Gasteiger partial charge in [0.05, 0.1) is 6.20 Å². The standard InChI is InChI=1S/C11H17ClN2O2S2/c1-2-3-9-4-6-14(7-5-9)18(15,16)10-8-13-11(12)17-10/h8-9H,2-7H2,1H3. The van der Waals surface area contributed by atoms with Gasteiger partial charge in [-0.25, -0.2) is 13.4 Å². The summed E-state index contributed by atoms with van der Waals surface area (Å²) < 4.78 is 26.7. The number of thiazole rings is 1. The lowest BCUT2D eigenvalue weighted by Gasteiger charge is -2.30. The molecule has 4 nitrogen and oxygen atoms in total. The maximum Gasteiger partial charge on any atom is 0.254 e. The second kappa shape index (κ2) is 5.86. The number of hydrogen-bond acceptors (Lipinski definition) is 4. The van der Waals surface area contributed by atoms with Gasteiger partial charge >= 0.3 is 0 Å². The third-order valence-corrected chi connectivity index (χ3v) is 6.77. The van der Waals surface area contributed by atoms with Gasteiger partial charge in [0.1, 0.15) is 0 Å². The van der Waals surface area contributed by atoms with E-state index < -0.39 is 10.0 Å². The first kappa shape index (κ1) is 14.2. The molecule has 1 aromatic heterocycles. The molecule has 18 heavy (non-hydrogen) atoms. The lowest BCUT2D eigenvalue weighted by atomic mass is 9.94. The van der Waals surface area contributed by atoms with Crippen LogP contribution in [0.1, 0.15) is 32.6 Å². The van der Waals surface area contributed by atoms with Gasteiger partial charge < -0.3 is 0 Å². The average Bonchev–Trinajstić information content (AvgIpc) is 2.78. The van der Waals surface area contributed by atoms with Crippen LogP contribution in [0.2, 0.25) is 4.47 Å². The minimum absolute atomic E-state index is 0.251. The van der Waals surface area contributed by atoms with Crippen molar-refractivity contribution < 1.29 is 8.42 Å². The molecule has 0 aromatic carbocycles. The van der Waals surface area contributed by atoms with Gasteiger partial charge in [-0.1, -0.05) is 42.7 Å². The summed E-state index contributed by atoms with van der Waals surface area (Å²) in [7, 11) is -3.37. The minimum atomic E-state index is -3.37. The average molecular weight is 309 g/mol. The highest BCUT2D eigenvalue weighted by Gasteiger charge is 2.30. The molecular formula is C11H17ClN2O2S2. The van der Waals surface area contributed by atoms with E-state index in [1.165, 1.54) is 19.0 Å². The molecule has 0 saturated carbocycles. The first-order chi connectivity index (χ1) is 8.54. The molecule has 1 aliphatic heterocycles. The molecule has 102 valence electrons. The number of aromatic nitrogens is 1. The monoisotopic (exact) mass is 308 g/mol. The summed E-state index contributed by atoms with van der Waals surface area (Å²) in [6.45, 7) is 3.40. The van der Waals surface area contributed by atoms with Gasteiger partial charge in [0.15, 0.2) is 8.68 Å². The van der Waals surface area contributed by atoms with Gasteiger partial charge in [0.2, 0.25) is 0 Å². The Labute approximate surface area is 117 Å². The summed E-state index contributed by atoms with van der Waals surface area (Å²) in [6.07, 6.45) is 5.63. The summed E-state index contributed by atoms with van der Waals surface area (Å²) in [5, 5.41) is 0. The topological polar surface area (TPSA) is 50.3 Å². The molecule has 2 rings (SSSR count). The highest BCUT2D eigenvalue weighted by molar-refractivity contribution is 7.91. The van der Waals surface area contributed by atoms with E-state index in [2.05, 4.69) is 11.9 Å². The fraction of sp³-hybridized carbons (Fsp3) is 0.727. The Morgan fingerprint density at radius 3 is 2.67 bits per heavy atom. The number of sulfonamides is 1. The predicted molar refractivity (Wildman–Crippen MR) is 73.5 cm³/mol. The maximum atomic E-state index is 12.3. The van der Waals surface area contributed by atoms with Crippen molar-refractivity contribution in [3.63, 3.8) is 0 Å². The molecule has 0 unspecified atom stereocenters. The Morgan fingerprint density at radius 2 is 2.17 bits per heavy atom. The van der Waals surface area contributed by atoms with Crippen LogP contribution in [0.3, 0.4) is 0 Å². The lowest BCUT2D eigenvalue weighted by Crippen LogP contribution is -2.38. The Kier molecular flexibility index (Phi) is 4.64. The van der Waals surface area contributed by atoms with Crippen molar-refractivity contribution in [2.24, 2.45) is 5.92 Å². The van der Waals surface area contributed by atoms with Crippen molar-refractivity contribution in [2.45, 2.75) is 36.8 Å². The molecule has 0 spiro atoms. The lowest BCUT2D eigenvalue weighted by molar-refractivity contribution is 0.262. The molecule has 1 aliphatic rings. The van der Waals surface area contributed by atoms with Crippen molar-refractivity contribution in [1.29, 1.82) is 0 Å². The van der Waals surface area contributed by atoms with E-state index in [4.69, 9.17) is 11.6 Å². The zero-order valence-corrected chi connectivity index (χ0v) is 12.7. The first-order valence-corrected chi connectivity index (χ1v) is 8.79. The Hall–Kier alpha value is -0.170. The number of rotatable bonds is 4. The normalized spacial score (nSPS) is 19.2. The zero-order valence-electron chi connectivity index (χ0n) is 10.3. The van der Waals surface area contributed by atoms with Crippen molar-refractivity contribution in [2.75, 3.05) is 13.1 Å². The third kappa shape index (κ3) is 3.04. The fourth-order valence-electron chi connectivity index (χ4n) is 2.33. The van der Waals surface area contributed by atoms with Crippen LogP contribution >= 0.6 is 22.9 Å². The van der Waals surface area contributed by atoms with Crippen LogP contribution in [-0.2, 0) is 10.0 Å². The van der Waals surface area contributed by atoms with Gasteiger partial charge in [-0.15, -0.1) is 0 Å². The Balaban J connectivity index is 2.05.